The molecule has 1 aliphatic carbocycles. The number of carboxylic acid groups (broad SMARTS) is 1. The molecule has 1 aliphatic rings. The monoisotopic (exact) mass is 321 g/mol. The minimum Gasteiger partial charge on any atom is -0.481 e. The minimum atomic E-state index is -0.751. The van der Waals surface area contributed by atoms with Crippen LogP contribution in [0.25, 0.3) is 11.0 Å². The lowest BCUT2D eigenvalue weighted by Crippen LogP contribution is -2.38. The topological polar surface area (TPSA) is 79.5 Å². The zero-order valence-corrected chi connectivity index (χ0v) is 12.6. The molecule has 1 aromatic carbocycles. The first kappa shape index (κ1) is 14.9. The highest BCUT2D eigenvalue weighted by molar-refractivity contribution is 6.31. The third-order valence-electron chi connectivity index (χ3n) is 4.11. The number of aliphatic carboxylic acids is 1. The van der Waals surface area contributed by atoms with Crippen LogP contribution >= 0.6 is 11.6 Å². The first-order valence-corrected chi connectivity index (χ1v) is 7.63. The fraction of sp³-hybridized carbons (Fsp3) is 0.375. The maximum atomic E-state index is 12.2. The number of carbonyl (C=O) groups is 2. The quantitative estimate of drug-likeness (QED) is 0.907. The number of nitrogens with one attached hydrogen (secondary N) is 1. The molecule has 1 fully saturated rings. The molecule has 1 amide bonds. The van der Waals surface area contributed by atoms with Crippen LogP contribution in [0.2, 0.25) is 5.02 Å². The van der Waals surface area contributed by atoms with E-state index in [1.807, 2.05) is 0 Å². The normalized spacial score (nSPS) is 21.7. The maximum Gasteiger partial charge on any atom is 0.306 e. The van der Waals surface area contributed by atoms with Crippen molar-refractivity contribution in [3.05, 3.63) is 35.0 Å². The highest BCUT2D eigenvalue weighted by Gasteiger charge is 2.27. The number of hydrogen-bond acceptors (Lipinski definition) is 3. The number of carboxylic acids is 1. The van der Waals surface area contributed by atoms with Crippen LogP contribution in [0, 0.1) is 5.92 Å². The number of halogens is 1. The van der Waals surface area contributed by atoms with Gasteiger partial charge in [-0.15, -0.1) is 0 Å². The van der Waals surface area contributed by atoms with Gasteiger partial charge in [-0.3, -0.25) is 9.59 Å². The Morgan fingerprint density at radius 1 is 1.18 bits per heavy atom. The molecule has 0 atom stereocenters. The number of benzene rings is 1. The van der Waals surface area contributed by atoms with Gasteiger partial charge in [0.15, 0.2) is 5.76 Å². The molecule has 1 heterocycles. The SMILES string of the molecule is O=C(N[C@H]1CC[C@@H](C(=O)O)CC1)c1cc2cc(Cl)ccc2o1. The first-order chi connectivity index (χ1) is 10.5. The fourth-order valence-corrected chi connectivity index (χ4v) is 3.05. The van der Waals surface area contributed by atoms with E-state index in [0.29, 0.717) is 36.3 Å². The molecule has 22 heavy (non-hydrogen) atoms. The predicted molar refractivity (Wildman–Crippen MR) is 82.1 cm³/mol. The molecule has 2 aromatic rings. The minimum absolute atomic E-state index is 0.0000924. The van der Waals surface area contributed by atoms with E-state index in [-0.39, 0.29) is 23.6 Å². The van der Waals surface area contributed by atoms with Gasteiger partial charge in [0.1, 0.15) is 5.58 Å². The summed E-state index contributed by atoms with van der Waals surface area (Å²) in [6.07, 6.45) is 2.54. The van der Waals surface area contributed by atoms with Crippen LogP contribution in [-0.2, 0) is 4.79 Å². The predicted octanol–water partition coefficient (Wildman–Crippen LogP) is 3.46. The van der Waals surface area contributed by atoms with Crippen LogP contribution in [0.5, 0.6) is 0 Å². The Labute approximate surface area is 132 Å². The van der Waals surface area contributed by atoms with E-state index in [0.717, 1.165) is 5.39 Å². The summed E-state index contributed by atoms with van der Waals surface area (Å²) in [5.74, 6) is -1.07. The second kappa shape index (κ2) is 6.01. The molecule has 0 aliphatic heterocycles. The van der Waals surface area contributed by atoms with Crippen molar-refractivity contribution in [2.45, 2.75) is 31.7 Å². The van der Waals surface area contributed by atoms with Crippen LogP contribution < -0.4 is 5.32 Å². The van der Waals surface area contributed by atoms with E-state index < -0.39 is 5.97 Å². The van der Waals surface area contributed by atoms with Gasteiger partial charge < -0.3 is 14.8 Å². The first-order valence-electron chi connectivity index (χ1n) is 7.25. The molecule has 3 rings (SSSR count). The Morgan fingerprint density at radius 2 is 1.91 bits per heavy atom. The van der Waals surface area contributed by atoms with Gasteiger partial charge in [0, 0.05) is 16.5 Å². The average Bonchev–Trinajstić information content (AvgIpc) is 2.91. The van der Waals surface area contributed by atoms with E-state index in [4.69, 9.17) is 21.1 Å². The Hall–Kier alpha value is -2.01. The van der Waals surface area contributed by atoms with Gasteiger partial charge in [-0.05, 0) is 49.9 Å². The number of fused-ring (bicyclic) bond motifs is 1. The van der Waals surface area contributed by atoms with Crippen molar-refractivity contribution in [1.29, 1.82) is 0 Å². The number of carbonyl (C=O) groups excluding carboxylic acids is 1. The summed E-state index contributed by atoms with van der Waals surface area (Å²) in [4.78, 5) is 23.1. The summed E-state index contributed by atoms with van der Waals surface area (Å²) in [7, 11) is 0. The van der Waals surface area contributed by atoms with Crippen LogP contribution in [0.3, 0.4) is 0 Å². The average molecular weight is 322 g/mol. The zero-order chi connectivity index (χ0) is 15.7. The summed E-state index contributed by atoms with van der Waals surface area (Å²) in [6.45, 7) is 0. The lowest BCUT2D eigenvalue weighted by molar-refractivity contribution is -0.142. The van der Waals surface area contributed by atoms with Crippen molar-refractivity contribution in [3.63, 3.8) is 0 Å². The van der Waals surface area contributed by atoms with E-state index in [1.165, 1.54) is 0 Å². The molecule has 0 bridgehead atoms. The molecule has 2 N–H and O–H groups in total. The summed E-state index contributed by atoms with van der Waals surface area (Å²) in [5, 5.41) is 13.3. The fourth-order valence-electron chi connectivity index (χ4n) is 2.87. The highest BCUT2D eigenvalue weighted by Crippen LogP contribution is 2.26. The lowest BCUT2D eigenvalue weighted by Gasteiger charge is -2.26. The van der Waals surface area contributed by atoms with Gasteiger partial charge >= 0.3 is 5.97 Å². The molecule has 1 saturated carbocycles. The molecule has 0 saturated heterocycles. The molecule has 6 heteroatoms. The Kier molecular flexibility index (Phi) is 4.07. The molecule has 1 aromatic heterocycles. The largest absolute Gasteiger partial charge is 0.481 e. The second-order valence-corrected chi connectivity index (χ2v) is 6.09. The van der Waals surface area contributed by atoms with E-state index >= 15 is 0 Å². The van der Waals surface area contributed by atoms with E-state index in [9.17, 15) is 9.59 Å². The van der Waals surface area contributed by atoms with Crippen molar-refractivity contribution in [3.8, 4) is 0 Å². The summed E-state index contributed by atoms with van der Waals surface area (Å²) in [5.41, 5.74) is 0.615. The summed E-state index contributed by atoms with van der Waals surface area (Å²) < 4.78 is 5.52. The number of amides is 1. The van der Waals surface area contributed by atoms with Crippen molar-refractivity contribution in [2.24, 2.45) is 5.92 Å². The van der Waals surface area contributed by atoms with Crippen LogP contribution in [0.4, 0.5) is 0 Å². The Morgan fingerprint density at radius 3 is 2.59 bits per heavy atom. The third kappa shape index (κ3) is 3.09. The molecule has 0 unspecified atom stereocenters. The maximum absolute atomic E-state index is 12.2. The summed E-state index contributed by atoms with van der Waals surface area (Å²) >= 11 is 5.91. The number of rotatable bonds is 3. The van der Waals surface area contributed by atoms with E-state index in [1.54, 1.807) is 24.3 Å². The van der Waals surface area contributed by atoms with Crippen molar-refractivity contribution < 1.29 is 19.1 Å². The van der Waals surface area contributed by atoms with Gasteiger partial charge in [-0.1, -0.05) is 11.6 Å². The van der Waals surface area contributed by atoms with Crippen LogP contribution in [0.15, 0.2) is 28.7 Å². The van der Waals surface area contributed by atoms with Gasteiger partial charge in [-0.25, -0.2) is 0 Å². The highest BCUT2D eigenvalue weighted by atomic mass is 35.5. The molecule has 0 radical (unpaired) electrons. The molecule has 0 spiro atoms. The van der Waals surface area contributed by atoms with Crippen LogP contribution in [0.1, 0.15) is 36.2 Å². The molecular weight excluding hydrogens is 306 g/mol. The number of furan rings is 1. The smallest absolute Gasteiger partial charge is 0.306 e. The Bertz CT molecular complexity index is 716. The summed E-state index contributed by atoms with van der Waals surface area (Å²) in [6, 6.07) is 6.85. The zero-order valence-electron chi connectivity index (χ0n) is 11.8. The second-order valence-electron chi connectivity index (χ2n) is 5.65. The lowest BCUT2D eigenvalue weighted by atomic mass is 9.86. The molecular formula is C16H16ClNO4. The molecule has 116 valence electrons. The van der Waals surface area contributed by atoms with Crippen LogP contribution in [-0.4, -0.2) is 23.0 Å². The van der Waals surface area contributed by atoms with Crippen molar-refractivity contribution in [1.82, 2.24) is 5.32 Å². The van der Waals surface area contributed by atoms with Gasteiger partial charge in [0.05, 0.1) is 5.92 Å². The van der Waals surface area contributed by atoms with Gasteiger partial charge in [-0.2, -0.15) is 0 Å². The molecule has 5 nitrogen and oxygen atoms in total. The third-order valence-corrected chi connectivity index (χ3v) is 4.35. The van der Waals surface area contributed by atoms with E-state index in [2.05, 4.69) is 5.32 Å². The standard InChI is InChI=1S/C16H16ClNO4/c17-11-3-6-13-10(7-11)8-14(22-13)15(19)18-12-4-1-9(2-5-12)16(20)21/h3,6-9,12H,1-2,4-5H2,(H,18,19)(H,20,21)/t9-,12+. The van der Waals surface area contributed by atoms with Crippen molar-refractivity contribution >= 4 is 34.4 Å². The number of hydrogen-bond donors (Lipinski definition) is 2. The Balaban J connectivity index is 1.65. The van der Waals surface area contributed by atoms with Crippen molar-refractivity contribution in [2.75, 3.05) is 0 Å². The van der Waals surface area contributed by atoms with Gasteiger partial charge in [0.2, 0.25) is 0 Å². The van der Waals surface area contributed by atoms with Gasteiger partial charge in [0.25, 0.3) is 5.91 Å².